The van der Waals surface area contributed by atoms with Crippen LogP contribution in [0.1, 0.15) is 20.3 Å². The summed E-state index contributed by atoms with van der Waals surface area (Å²) >= 11 is 13.1. The number of aromatic nitrogens is 2. The molecule has 0 aliphatic carbocycles. The van der Waals surface area contributed by atoms with Crippen LogP contribution in [0.25, 0.3) is 22.0 Å². The normalized spacial score (nSPS) is 18.5. The zero-order chi connectivity index (χ0) is 22.1. The molecule has 1 saturated heterocycles. The van der Waals surface area contributed by atoms with E-state index in [-0.39, 0.29) is 0 Å². The predicted octanol–water partition coefficient (Wildman–Crippen LogP) is 5.42. The number of nitrogens with one attached hydrogen (secondary N) is 2. The minimum absolute atomic E-state index is 0.325. The first-order valence-electron chi connectivity index (χ1n) is 10.3. The number of halogens is 2. The topological polar surface area (TPSA) is 68.3 Å². The van der Waals surface area contributed by atoms with E-state index in [1.165, 1.54) is 0 Å². The quantitative estimate of drug-likeness (QED) is 0.511. The second kappa shape index (κ2) is 9.07. The van der Waals surface area contributed by atoms with Gasteiger partial charge in [-0.2, -0.15) is 0 Å². The molecule has 0 spiro atoms. The van der Waals surface area contributed by atoms with Crippen molar-refractivity contribution < 1.29 is 9.47 Å². The molecule has 2 atom stereocenters. The third kappa shape index (κ3) is 4.38. The minimum atomic E-state index is 0.325. The first kappa shape index (κ1) is 21.9. The van der Waals surface area contributed by atoms with Gasteiger partial charge < -0.3 is 20.1 Å². The number of anilines is 1. The molecule has 2 aromatic carbocycles. The van der Waals surface area contributed by atoms with Crippen LogP contribution in [0.2, 0.25) is 10.0 Å². The van der Waals surface area contributed by atoms with Crippen molar-refractivity contribution >= 4 is 40.1 Å². The Balaban J connectivity index is 1.64. The smallest absolute Gasteiger partial charge is 0.223 e. The molecule has 1 aromatic heterocycles. The first-order valence-corrected chi connectivity index (χ1v) is 11.0. The Bertz CT molecular complexity index is 1080. The number of methoxy groups -OCH3 is 2. The molecule has 1 aliphatic rings. The van der Waals surface area contributed by atoms with Crippen molar-refractivity contribution in [2.75, 3.05) is 26.1 Å². The van der Waals surface area contributed by atoms with E-state index in [0.717, 1.165) is 29.4 Å². The number of hydrogen-bond donors (Lipinski definition) is 2. The van der Waals surface area contributed by atoms with Crippen LogP contribution in [-0.2, 0) is 0 Å². The summed E-state index contributed by atoms with van der Waals surface area (Å²) in [5.41, 5.74) is 2.33. The molecule has 1 fully saturated rings. The van der Waals surface area contributed by atoms with Gasteiger partial charge in [0.05, 0.1) is 29.8 Å². The molecule has 8 heteroatoms. The fourth-order valence-electron chi connectivity index (χ4n) is 3.96. The maximum absolute atomic E-state index is 6.57. The summed E-state index contributed by atoms with van der Waals surface area (Å²) in [6.07, 6.45) is 2.88. The fourth-order valence-corrected chi connectivity index (χ4v) is 4.68. The second-order valence-corrected chi connectivity index (χ2v) is 8.84. The summed E-state index contributed by atoms with van der Waals surface area (Å²) in [7, 11) is 3.12. The maximum atomic E-state index is 6.57. The Morgan fingerprint density at radius 1 is 1.10 bits per heavy atom. The van der Waals surface area contributed by atoms with Crippen molar-refractivity contribution in [3.05, 3.63) is 40.5 Å². The van der Waals surface area contributed by atoms with E-state index >= 15 is 0 Å². The third-order valence-corrected chi connectivity index (χ3v) is 6.50. The van der Waals surface area contributed by atoms with Crippen molar-refractivity contribution in [1.29, 1.82) is 0 Å². The summed E-state index contributed by atoms with van der Waals surface area (Å²) < 4.78 is 10.8. The average molecular weight is 461 g/mol. The first-order chi connectivity index (χ1) is 14.9. The molecule has 6 nitrogen and oxygen atoms in total. The lowest BCUT2D eigenvalue weighted by Crippen LogP contribution is -2.26. The Morgan fingerprint density at radius 2 is 1.81 bits per heavy atom. The van der Waals surface area contributed by atoms with Gasteiger partial charge in [0.25, 0.3) is 0 Å². The molecule has 1 aliphatic heterocycles. The monoisotopic (exact) mass is 460 g/mol. The molecule has 3 aromatic rings. The van der Waals surface area contributed by atoms with Crippen LogP contribution in [0.5, 0.6) is 11.5 Å². The lowest BCUT2D eigenvalue weighted by Gasteiger charge is -2.16. The molecule has 2 N–H and O–H groups in total. The van der Waals surface area contributed by atoms with Crippen molar-refractivity contribution in [2.24, 2.45) is 5.92 Å². The molecule has 0 bridgehead atoms. The molecule has 2 heterocycles. The van der Waals surface area contributed by atoms with Gasteiger partial charge in [-0.15, -0.1) is 0 Å². The number of nitrogens with zero attached hydrogens (tertiary/aromatic N) is 2. The fraction of sp³-hybridized carbons (Fsp3) is 0.391. The average Bonchev–Trinajstić information content (AvgIpc) is 3.23. The molecule has 164 valence electrons. The predicted molar refractivity (Wildman–Crippen MR) is 127 cm³/mol. The highest BCUT2D eigenvalue weighted by Gasteiger charge is 2.26. The SMILES string of the molecule is COc1cc(OC)c(Cl)c(-c2ccc3nc(NC4CNC(C(C)C)C4)ncc3c2)c1Cl. The zero-order valence-electron chi connectivity index (χ0n) is 18.0. The third-order valence-electron chi connectivity index (χ3n) is 5.74. The van der Waals surface area contributed by atoms with Gasteiger partial charge in [0.2, 0.25) is 5.95 Å². The molecule has 4 rings (SSSR count). The van der Waals surface area contributed by atoms with Crippen LogP contribution in [0, 0.1) is 5.92 Å². The lowest BCUT2D eigenvalue weighted by atomic mass is 10.0. The molecule has 31 heavy (non-hydrogen) atoms. The maximum Gasteiger partial charge on any atom is 0.223 e. The number of rotatable bonds is 6. The van der Waals surface area contributed by atoms with Crippen LogP contribution >= 0.6 is 23.2 Å². The molecular weight excluding hydrogens is 435 g/mol. The summed E-state index contributed by atoms with van der Waals surface area (Å²) in [6.45, 7) is 5.39. The number of hydrogen-bond acceptors (Lipinski definition) is 6. The van der Waals surface area contributed by atoms with Crippen molar-refractivity contribution in [1.82, 2.24) is 15.3 Å². The Kier molecular flexibility index (Phi) is 6.42. The molecule has 0 amide bonds. The van der Waals surface area contributed by atoms with Crippen LogP contribution in [0.15, 0.2) is 30.5 Å². The Morgan fingerprint density at radius 3 is 2.42 bits per heavy atom. The zero-order valence-corrected chi connectivity index (χ0v) is 19.5. The van der Waals surface area contributed by atoms with Crippen LogP contribution in [0.3, 0.4) is 0 Å². The summed E-state index contributed by atoms with van der Waals surface area (Å²) in [5, 5.41) is 8.76. The van der Waals surface area contributed by atoms with Gasteiger partial charge in [0.1, 0.15) is 11.5 Å². The minimum Gasteiger partial charge on any atom is -0.495 e. The van der Waals surface area contributed by atoms with Crippen LogP contribution < -0.4 is 20.1 Å². The largest absolute Gasteiger partial charge is 0.495 e. The highest BCUT2D eigenvalue weighted by molar-refractivity contribution is 6.41. The Hall–Kier alpha value is -2.28. The van der Waals surface area contributed by atoms with Crippen molar-refractivity contribution in [3.8, 4) is 22.6 Å². The molecular formula is C23H26Cl2N4O2. The lowest BCUT2D eigenvalue weighted by molar-refractivity contribution is 0.395. The van der Waals surface area contributed by atoms with E-state index in [4.69, 9.17) is 37.7 Å². The van der Waals surface area contributed by atoms with Gasteiger partial charge in [0.15, 0.2) is 0 Å². The Labute approximate surface area is 192 Å². The molecule has 0 saturated carbocycles. The number of ether oxygens (including phenoxy) is 2. The number of benzene rings is 2. The second-order valence-electron chi connectivity index (χ2n) is 8.09. The van der Waals surface area contributed by atoms with Gasteiger partial charge in [0, 0.05) is 41.8 Å². The van der Waals surface area contributed by atoms with Gasteiger partial charge in [-0.1, -0.05) is 43.1 Å². The summed E-state index contributed by atoms with van der Waals surface area (Å²) in [4.78, 5) is 9.21. The van der Waals surface area contributed by atoms with Crippen molar-refractivity contribution in [3.63, 3.8) is 0 Å². The van der Waals surface area contributed by atoms with E-state index in [9.17, 15) is 0 Å². The van der Waals surface area contributed by atoms with Gasteiger partial charge in [-0.05, 0) is 30.0 Å². The highest BCUT2D eigenvalue weighted by Crippen LogP contribution is 2.46. The van der Waals surface area contributed by atoms with Gasteiger partial charge in [-0.3, -0.25) is 0 Å². The summed E-state index contributed by atoms with van der Waals surface area (Å²) in [6, 6.07) is 8.38. The highest BCUT2D eigenvalue weighted by atomic mass is 35.5. The molecule has 2 unspecified atom stereocenters. The summed E-state index contributed by atoms with van der Waals surface area (Å²) in [5.74, 6) is 2.24. The number of fused-ring (bicyclic) bond motifs is 1. The van der Waals surface area contributed by atoms with E-state index in [2.05, 4.69) is 29.5 Å². The standard InChI is InChI=1S/C23H26Cl2N4O2/c1-12(2)17-8-15(11-26-17)28-23-27-10-14-7-13(5-6-16(14)29-23)20-21(24)18(30-3)9-19(31-4)22(20)25/h5-7,9-10,12,15,17,26H,8,11H2,1-4H3,(H,27,28,29). The molecule has 0 radical (unpaired) electrons. The van der Waals surface area contributed by atoms with Crippen LogP contribution in [-0.4, -0.2) is 42.8 Å². The van der Waals surface area contributed by atoms with E-state index in [1.807, 2.05) is 24.4 Å². The van der Waals surface area contributed by atoms with E-state index in [1.54, 1.807) is 20.3 Å². The van der Waals surface area contributed by atoms with E-state index < -0.39 is 0 Å². The van der Waals surface area contributed by atoms with Crippen molar-refractivity contribution in [2.45, 2.75) is 32.4 Å². The van der Waals surface area contributed by atoms with Crippen LogP contribution in [0.4, 0.5) is 5.95 Å². The van der Waals surface area contributed by atoms with Gasteiger partial charge in [-0.25, -0.2) is 9.97 Å². The van der Waals surface area contributed by atoms with E-state index in [0.29, 0.717) is 51.1 Å². The van der Waals surface area contributed by atoms with Gasteiger partial charge >= 0.3 is 0 Å².